The Bertz CT molecular complexity index is 328. The zero-order valence-electron chi connectivity index (χ0n) is 9.16. The van der Waals surface area contributed by atoms with Crippen LogP contribution in [0.1, 0.15) is 18.4 Å². The van der Waals surface area contributed by atoms with Crippen molar-refractivity contribution in [3.05, 3.63) is 41.7 Å². The van der Waals surface area contributed by atoms with Crippen molar-refractivity contribution >= 4 is 18.5 Å². The number of benzene rings is 1. The standard InChI is InChI=1S/C13H16FN.ClH/c14-13-7-5-11(6-8-13)3-4-12-2-1-9-15-10-12;/h3-8,12,15H,1-2,9-10H2;1H/b4-3+;. The molecule has 0 amide bonds. The summed E-state index contributed by atoms with van der Waals surface area (Å²) in [6.07, 6.45) is 6.81. The molecule has 1 aliphatic rings. The normalized spacial score (nSPS) is 20.7. The maximum Gasteiger partial charge on any atom is 0.123 e. The minimum atomic E-state index is -0.175. The Morgan fingerprint density at radius 3 is 2.62 bits per heavy atom. The third kappa shape index (κ3) is 3.95. The van der Waals surface area contributed by atoms with Crippen LogP contribution in [0.3, 0.4) is 0 Å². The van der Waals surface area contributed by atoms with Gasteiger partial charge in [0.15, 0.2) is 0 Å². The van der Waals surface area contributed by atoms with E-state index in [1.54, 1.807) is 0 Å². The fourth-order valence-corrected chi connectivity index (χ4v) is 1.86. The zero-order chi connectivity index (χ0) is 10.5. The van der Waals surface area contributed by atoms with Crippen LogP contribution in [0, 0.1) is 11.7 Å². The van der Waals surface area contributed by atoms with E-state index in [2.05, 4.69) is 17.5 Å². The third-order valence-electron chi connectivity index (χ3n) is 2.77. The molecule has 0 spiro atoms. The Morgan fingerprint density at radius 2 is 2.00 bits per heavy atom. The second-order valence-corrected chi connectivity index (χ2v) is 4.02. The van der Waals surface area contributed by atoms with Crippen molar-refractivity contribution < 1.29 is 4.39 Å². The van der Waals surface area contributed by atoms with Crippen molar-refractivity contribution in [2.24, 2.45) is 5.92 Å². The molecule has 0 bridgehead atoms. The summed E-state index contributed by atoms with van der Waals surface area (Å²) >= 11 is 0. The predicted molar refractivity (Wildman–Crippen MR) is 68.3 cm³/mol. The van der Waals surface area contributed by atoms with Gasteiger partial charge in [-0.1, -0.05) is 24.3 Å². The van der Waals surface area contributed by atoms with Crippen LogP contribution in [0.2, 0.25) is 0 Å². The van der Waals surface area contributed by atoms with Gasteiger partial charge in [0, 0.05) is 6.54 Å². The number of hydrogen-bond donors (Lipinski definition) is 1. The van der Waals surface area contributed by atoms with E-state index in [0.29, 0.717) is 5.92 Å². The summed E-state index contributed by atoms with van der Waals surface area (Å²) in [6.45, 7) is 2.21. The highest BCUT2D eigenvalue weighted by molar-refractivity contribution is 5.85. The summed E-state index contributed by atoms with van der Waals surface area (Å²) in [7, 11) is 0. The monoisotopic (exact) mass is 241 g/mol. The topological polar surface area (TPSA) is 12.0 Å². The zero-order valence-corrected chi connectivity index (χ0v) is 9.97. The summed E-state index contributed by atoms with van der Waals surface area (Å²) < 4.78 is 12.6. The first-order chi connectivity index (χ1) is 7.34. The molecule has 0 aromatic heterocycles. The van der Waals surface area contributed by atoms with E-state index in [-0.39, 0.29) is 18.2 Å². The lowest BCUT2D eigenvalue weighted by atomic mass is 9.98. The number of hydrogen-bond acceptors (Lipinski definition) is 1. The Labute approximate surface area is 102 Å². The van der Waals surface area contributed by atoms with Gasteiger partial charge in [0.1, 0.15) is 5.82 Å². The first kappa shape index (κ1) is 13.2. The van der Waals surface area contributed by atoms with E-state index < -0.39 is 0 Å². The molecule has 3 heteroatoms. The summed E-state index contributed by atoms with van der Waals surface area (Å²) in [5, 5.41) is 3.37. The number of halogens is 2. The van der Waals surface area contributed by atoms with E-state index in [0.717, 1.165) is 18.7 Å². The van der Waals surface area contributed by atoms with Gasteiger partial charge in [0.25, 0.3) is 0 Å². The van der Waals surface area contributed by atoms with Crippen molar-refractivity contribution in [1.82, 2.24) is 5.32 Å². The van der Waals surface area contributed by atoms with Gasteiger partial charge in [0.2, 0.25) is 0 Å². The van der Waals surface area contributed by atoms with Crippen LogP contribution in [0.5, 0.6) is 0 Å². The van der Waals surface area contributed by atoms with Crippen LogP contribution in [0.4, 0.5) is 4.39 Å². The molecule has 1 aromatic rings. The molecule has 0 radical (unpaired) electrons. The molecule has 1 heterocycles. The molecule has 1 unspecified atom stereocenters. The van der Waals surface area contributed by atoms with E-state index in [9.17, 15) is 4.39 Å². The summed E-state index contributed by atoms with van der Waals surface area (Å²) in [5.41, 5.74) is 1.07. The second kappa shape index (κ2) is 6.66. The molecule has 88 valence electrons. The van der Waals surface area contributed by atoms with Crippen molar-refractivity contribution in [2.45, 2.75) is 12.8 Å². The minimum absolute atomic E-state index is 0. The van der Waals surface area contributed by atoms with Crippen LogP contribution in [-0.2, 0) is 0 Å². The predicted octanol–water partition coefficient (Wildman–Crippen LogP) is 3.26. The summed E-state index contributed by atoms with van der Waals surface area (Å²) in [5.74, 6) is 0.454. The SMILES string of the molecule is Cl.Fc1ccc(/C=C/C2CCCNC2)cc1. The summed E-state index contributed by atoms with van der Waals surface area (Å²) in [4.78, 5) is 0. The molecular weight excluding hydrogens is 225 g/mol. The van der Waals surface area contributed by atoms with E-state index in [1.807, 2.05) is 12.1 Å². The Hall–Kier alpha value is -0.860. The highest BCUT2D eigenvalue weighted by Gasteiger charge is 2.08. The van der Waals surface area contributed by atoms with Gasteiger partial charge in [-0.2, -0.15) is 0 Å². The highest BCUT2D eigenvalue weighted by Crippen LogP contribution is 2.13. The van der Waals surface area contributed by atoms with Crippen LogP contribution >= 0.6 is 12.4 Å². The average Bonchev–Trinajstić information content (AvgIpc) is 2.30. The van der Waals surface area contributed by atoms with Crippen LogP contribution in [-0.4, -0.2) is 13.1 Å². The second-order valence-electron chi connectivity index (χ2n) is 4.02. The average molecular weight is 242 g/mol. The Balaban J connectivity index is 0.00000128. The molecule has 1 nitrogen and oxygen atoms in total. The summed E-state index contributed by atoms with van der Waals surface area (Å²) in [6, 6.07) is 6.61. The Morgan fingerprint density at radius 1 is 1.25 bits per heavy atom. The lowest BCUT2D eigenvalue weighted by Crippen LogP contribution is -2.28. The molecule has 16 heavy (non-hydrogen) atoms. The number of piperidine rings is 1. The smallest absolute Gasteiger partial charge is 0.123 e. The van der Waals surface area contributed by atoms with Crippen molar-refractivity contribution in [2.75, 3.05) is 13.1 Å². The molecular formula is C13H17ClFN. The largest absolute Gasteiger partial charge is 0.316 e. The maximum atomic E-state index is 12.6. The molecule has 0 aliphatic carbocycles. The first-order valence-electron chi connectivity index (χ1n) is 5.49. The van der Waals surface area contributed by atoms with Gasteiger partial charge in [-0.15, -0.1) is 12.4 Å². The van der Waals surface area contributed by atoms with Crippen molar-refractivity contribution in [1.29, 1.82) is 0 Å². The van der Waals surface area contributed by atoms with E-state index >= 15 is 0 Å². The molecule has 2 rings (SSSR count). The molecule has 1 aliphatic heterocycles. The maximum absolute atomic E-state index is 12.6. The minimum Gasteiger partial charge on any atom is -0.316 e. The highest BCUT2D eigenvalue weighted by atomic mass is 35.5. The van der Waals surface area contributed by atoms with Crippen LogP contribution in [0.15, 0.2) is 30.3 Å². The number of rotatable bonds is 2. The fourth-order valence-electron chi connectivity index (χ4n) is 1.86. The van der Waals surface area contributed by atoms with Crippen LogP contribution < -0.4 is 5.32 Å². The molecule has 1 N–H and O–H groups in total. The molecule has 0 saturated carbocycles. The molecule has 1 fully saturated rings. The van der Waals surface area contributed by atoms with Gasteiger partial charge in [-0.3, -0.25) is 0 Å². The Kier molecular flexibility index (Phi) is 5.50. The van der Waals surface area contributed by atoms with Crippen molar-refractivity contribution in [3.8, 4) is 0 Å². The van der Waals surface area contributed by atoms with Gasteiger partial charge in [0.05, 0.1) is 0 Å². The van der Waals surface area contributed by atoms with E-state index in [1.165, 1.54) is 25.0 Å². The van der Waals surface area contributed by atoms with Gasteiger partial charge < -0.3 is 5.32 Å². The van der Waals surface area contributed by atoms with Crippen LogP contribution in [0.25, 0.3) is 6.08 Å². The van der Waals surface area contributed by atoms with Crippen molar-refractivity contribution in [3.63, 3.8) is 0 Å². The van der Waals surface area contributed by atoms with Gasteiger partial charge in [-0.25, -0.2) is 4.39 Å². The molecule has 1 aromatic carbocycles. The number of nitrogens with one attached hydrogen (secondary N) is 1. The fraction of sp³-hybridized carbons (Fsp3) is 0.385. The van der Waals surface area contributed by atoms with E-state index in [4.69, 9.17) is 0 Å². The molecule has 1 saturated heterocycles. The molecule has 1 atom stereocenters. The van der Waals surface area contributed by atoms with Gasteiger partial charge in [-0.05, 0) is 43.0 Å². The lowest BCUT2D eigenvalue weighted by Gasteiger charge is -2.19. The van der Waals surface area contributed by atoms with Gasteiger partial charge >= 0.3 is 0 Å². The first-order valence-corrected chi connectivity index (χ1v) is 5.49. The lowest BCUT2D eigenvalue weighted by molar-refractivity contribution is 0.439. The third-order valence-corrected chi connectivity index (χ3v) is 2.77. The quantitative estimate of drug-likeness (QED) is 0.838.